The van der Waals surface area contributed by atoms with E-state index in [2.05, 4.69) is 17.0 Å². The summed E-state index contributed by atoms with van der Waals surface area (Å²) in [5, 5.41) is 0. The van der Waals surface area contributed by atoms with Crippen molar-refractivity contribution in [2.45, 2.75) is 12.3 Å². The molecule has 4 heteroatoms. The van der Waals surface area contributed by atoms with Gasteiger partial charge in [-0.1, -0.05) is 35.9 Å². The first-order valence-electron chi connectivity index (χ1n) is 6.78. The zero-order valence-electron chi connectivity index (χ0n) is 11.9. The van der Waals surface area contributed by atoms with Gasteiger partial charge in [-0.05, 0) is 43.1 Å². The van der Waals surface area contributed by atoms with Gasteiger partial charge < -0.3 is 9.64 Å². The van der Waals surface area contributed by atoms with E-state index in [1.54, 1.807) is 0 Å². The molecule has 0 spiro atoms. The van der Waals surface area contributed by atoms with Crippen LogP contribution < -0.4 is 0 Å². The van der Waals surface area contributed by atoms with Gasteiger partial charge >= 0.3 is 5.97 Å². The number of methoxy groups -OCH3 is 1. The smallest absolute Gasteiger partial charge is 0.310 e. The Balaban J connectivity index is 2.21. The second-order valence-corrected chi connectivity index (χ2v) is 5.50. The lowest BCUT2D eigenvalue weighted by Gasteiger charge is -2.35. The highest BCUT2D eigenvalue weighted by Crippen LogP contribution is 2.33. The molecular formula is C16H20ClNO2. The van der Waals surface area contributed by atoms with Crippen LogP contribution in [-0.2, 0) is 9.53 Å². The quantitative estimate of drug-likeness (QED) is 0.802. The molecule has 2 atom stereocenters. The standard InChI is InChI=1S/C16H20ClNO2/c1-18-10-8-14(15(11-18)16(19)20-2)13-5-3-12(4-6-13)7-9-17/h3-7,9,14-15H,8,10-11H2,1-2H3/t14-,15-/m1/s1. The van der Waals surface area contributed by atoms with Crippen LogP contribution in [0.3, 0.4) is 0 Å². The topological polar surface area (TPSA) is 29.5 Å². The molecule has 1 saturated heterocycles. The van der Waals surface area contributed by atoms with Crippen LogP contribution in [0.25, 0.3) is 6.08 Å². The number of hydrogen-bond donors (Lipinski definition) is 0. The monoisotopic (exact) mass is 293 g/mol. The van der Waals surface area contributed by atoms with Crippen LogP contribution in [0.1, 0.15) is 23.5 Å². The van der Waals surface area contributed by atoms with E-state index in [1.165, 1.54) is 18.2 Å². The van der Waals surface area contributed by atoms with E-state index in [9.17, 15) is 4.79 Å². The molecule has 0 saturated carbocycles. The summed E-state index contributed by atoms with van der Waals surface area (Å²) < 4.78 is 4.96. The number of likely N-dealkylation sites (tertiary alicyclic amines) is 1. The molecule has 1 aromatic rings. The van der Waals surface area contributed by atoms with E-state index in [0.717, 1.165) is 25.1 Å². The van der Waals surface area contributed by atoms with Crippen molar-refractivity contribution in [1.82, 2.24) is 4.90 Å². The Kier molecular flexibility index (Phi) is 5.21. The summed E-state index contributed by atoms with van der Waals surface area (Å²) >= 11 is 5.58. The largest absolute Gasteiger partial charge is 0.469 e. The molecule has 1 aliphatic heterocycles. The molecule has 3 nitrogen and oxygen atoms in total. The fraction of sp³-hybridized carbons (Fsp3) is 0.438. The van der Waals surface area contributed by atoms with Crippen molar-refractivity contribution in [1.29, 1.82) is 0 Å². The average molecular weight is 294 g/mol. The second-order valence-electron chi connectivity index (χ2n) is 5.25. The first-order chi connectivity index (χ1) is 9.65. The first-order valence-corrected chi connectivity index (χ1v) is 7.22. The molecule has 108 valence electrons. The fourth-order valence-corrected chi connectivity index (χ4v) is 2.98. The molecule has 0 aromatic heterocycles. The van der Waals surface area contributed by atoms with Gasteiger partial charge in [0.15, 0.2) is 0 Å². The summed E-state index contributed by atoms with van der Waals surface area (Å²) in [6.45, 7) is 1.75. The molecule has 0 radical (unpaired) electrons. The van der Waals surface area contributed by atoms with Crippen molar-refractivity contribution >= 4 is 23.6 Å². The van der Waals surface area contributed by atoms with Gasteiger partial charge in [0.25, 0.3) is 0 Å². The van der Waals surface area contributed by atoms with Crippen molar-refractivity contribution in [3.05, 3.63) is 40.9 Å². The lowest BCUT2D eigenvalue weighted by atomic mass is 9.80. The number of nitrogens with zero attached hydrogens (tertiary/aromatic N) is 1. The second kappa shape index (κ2) is 6.91. The highest BCUT2D eigenvalue weighted by molar-refractivity contribution is 6.27. The summed E-state index contributed by atoms with van der Waals surface area (Å²) in [7, 11) is 3.50. The molecule has 0 aliphatic carbocycles. The van der Waals surface area contributed by atoms with Crippen LogP contribution in [0, 0.1) is 5.92 Å². The SMILES string of the molecule is COC(=O)[C@@H]1CN(C)CC[C@@H]1c1ccc(C=CCl)cc1. The van der Waals surface area contributed by atoms with Crippen LogP contribution in [0.2, 0.25) is 0 Å². The van der Waals surface area contributed by atoms with Gasteiger partial charge in [-0.25, -0.2) is 0 Å². The summed E-state index contributed by atoms with van der Waals surface area (Å²) in [5.74, 6) is 0.0205. The van der Waals surface area contributed by atoms with Crippen molar-refractivity contribution < 1.29 is 9.53 Å². The number of rotatable bonds is 3. The number of carbonyl (C=O) groups excluding carboxylic acids is 1. The zero-order chi connectivity index (χ0) is 14.5. The third-order valence-corrected chi connectivity index (χ3v) is 4.07. The maximum absolute atomic E-state index is 12.0. The van der Waals surface area contributed by atoms with Gasteiger partial charge in [-0.3, -0.25) is 4.79 Å². The van der Waals surface area contributed by atoms with Crippen LogP contribution in [0.5, 0.6) is 0 Å². The van der Waals surface area contributed by atoms with Crippen LogP contribution in [0.15, 0.2) is 29.8 Å². The average Bonchev–Trinajstić information content (AvgIpc) is 2.47. The Labute approximate surface area is 125 Å². The molecule has 0 N–H and O–H groups in total. The number of carbonyl (C=O) groups is 1. The van der Waals surface area contributed by atoms with Crippen molar-refractivity contribution in [3.8, 4) is 0 Å². The molecule has 20 heavy (non-hydrogen) atoms. The highest BCUT2D eigenvalue weighted by atomic mass is 35.5. The van der Waals surface area contributed by atoms with Gasteiger partial charge in [-0.15, -0.1) is 0 Å². The fourth-order valence-electron chi connectivity index (χ4n) is 2.83. The van der Waals surface area contributed by atoms with Crippen molar-refractivity contribution in [2.75, 3.05) is 27.2 Å². The van der Waals surface area contributed by atoms with Crippen molar-refractivity contribution in [3.63, 3.8) is 0 Å². The number of piperidine rings is 1. The Morgan fingerprint density at radius 1 is 1.40 bits per heavy atom. The van der Waals surface area contributed by atoms with Gasteiger partial charge in [0, 0.05) is 12.1 Å². The predicted octanol–water partition coefficient (Wildman–Crippen LogP) is 3.10. The minimum absolute atomic E-state index is 0.0897. The summed E-state index contributed by atoms with van der Waals surface area (Å²) in [5.41, 5.74) is 3.76. The summed E-state index contributed by atoms with van der Waals surface area (Å²) in [4.78, 5) is 14.2. The predicted molar refractivity (Wildman–Crippen MR) is 81.7 cm³/mol. The third-order valence-electron chi connectivity index (χ3n) is 3.94. The summed E-state index contributed by atoms with van der Waals surface area (Å²) in [6, 6.07) is 8.22. The molecular weight excluding hydrogens is 274 g/mol. The maximum Gasteiger partial charge on any atom is 0.310 e. The van der Waals surface area contributed by atoms with Crippen molar-refractivity contribution in [2.24, 2.45) is 5.92 Å². The van der Waals surface area contributed by atoms with E-state index < -0.39 is 0 Å². The van der Waals surface area contributed by atoms with Gasteiger partial charge in [0.05, 0.1) is 13.0 Å². The molecule has 1 heterocycles. The number of esters is 1. The van der Waals surface area contributed by atoms with Gasteiger partial charge in [0.1, 0.15) is 0 Å². The van der Waals surface area contributed by atoms with E-state index in [0.29, 0.717) is 0 Å². The maximum atomic E-state index is 12.0. The molecule has 2 rings (SSSR count). The van der Waals surface area contributed by atoms with Crippen LogP contribution in [0.4, 0.5) is 0 Å². The minimum atomic E-state index is -0.119. The first kappa shape index (κ1) is 15.1. The van der Waals surface area contributed by atoms with E-state index >= 15 is 0 Å². The number of halogens is 1. The highest BCUT2D eigenvalue weighted by Gasteiger charge is 2.34. The minimum Gasteiger partial charge on any atom is -0.469 e. The molecule has 1 aliphatic rings. The Bertz CT molecular complexity index is 484. The molecule has 1 aromatic carbocycles. The lowest BCUT2D eigenvalue weighted by Crippen LogP contribution is -2.41. The summed E-state index contributed by atoms with van der Waals surface area (Å²) in [6.07, 6.45) is 2.82. The van der Waals surface area contributed by atoms with E-state index in [1.807, 2.05) is 25.3 Å². The number of ether oxygens (including phenoxy) is 1. The third kappa shape index (κ3) is 3.41. The van der Waals surface area contributed by atoms with E-state index in [-0.39, 0.29) is 17.8 Å². The molecule has 0 unspecified atom stereocenters. The molecule has 0 amide bonds. The number of benzene rings is 1. The Hall–Kier alpha value is -1.32. The molecule has 0 bridgehead atoms. The van der Waals surface area contributed by atoms with E-state index in [4.69, 9.17) is 16.3 Å². The normalized spacial score (nSPS) is 23.9. The van der Waals surface area contributed by atoms with Gasteiger partial charge in [-0.2, -0.15) is 0 Å². The molecule has 1 fully saturated rings. The van der Waals surface area contributed by atoms with Crippen LogP contribution >= 0.6 is 11.6 Å². The Morgan fingerprint density at radius 2 is 2.10 bits per heavy atom. The lowest BCUT2D eigenvalue weighted by molar-refractivity contribution is -0.148. The van der Waals surface area contributed by atoms with Gasteiger partial charge in [0.2, 0.25) is 0 Å². The Morgan fingerprint density at radius 3 is 2.70 bits per heavy atom. The number of hydrogen-bond acceptors (Lipinski definition) is 3. The zero-order valence-corrected chi connectivity index (χ0v) is 12.6. The van der Waals surface area contributed by atoms with Crippen LogP contribution in [-0.4, -0.2) is 38.1 Å².